The first kappa shape index (κ1) is 13.5. The van der Waals surface area contributed by atoms with Gasteiger partial charge in [-0.15, -0.1) is 11.3 Å². The summed E-state index contributed by atoms with van der Waals surface area (Å²) >= 11 is 1.71. The third-order valence-corrected chi connectivity index (χ3v) is 3.89. The summed E-state index contributed by atoms with van der Waals surface area (Å²) in [5.41, 5.74) is 2.00. The van der Waals surface area contributed by atoms with Crippen LogP contribution in [0.1, 0.15) is 22.9 Å². The lowest BCUT2D eigenvalue weighted by Crippen LogP contribution is -2.03. The molecule has 6 heteroatoms. The number of aryl methyl sites for hydroxylation is 2. The minimum atomic E-state index is -0.416. The standard InChI is InChI=1S/C13H15N3O2S/c1-3-10-4-5-19-12(10)8-15-13-6-9(2)11(7-14-13)16(17)18/h4-7H,3,8H2,1-2H3,(H,14,15). The first-order valence-corrected chi connectivity index (χ1v) is 6.90. The van der Waals surface area contributed by atoms with Crippen molar-refractivity contribution in [3.8, 4) is 0 Å². The number of nitrogens with zero attached hydrogens (tertiary/aromatic N) is 2. The molecule has 0 aliphatic carbocycles. The number of anilines is 1. The van der Waals surface area contributed by atoms with Crippen LogP contribution in [0.3, 0.4) is 0 Å². The number of thiophene rings is 1. The van der Waals surface area contributed by atoms with E-state index in [0.29, 0.717) is 17.9 Å². The zero-order valence-corrected chi connectivity index (χ0v) is 11.7. The fourth-order valence-electron chi connectivity index (χ4n) is 1.84. The highest BCUT2D eigenvalue weighted by molar-refractivity contribution is 7.10. The van der Waals surface area contributed by atoms with Crippen LogP contribution in [0.4, 0.5) is 11.5 Å². The Morgan fingerprint density at radius 1 is 1.53 bits per heavy atom. The number of pyridine rings is 1. The quantitative estimate of drug-likeness (QED) is 0.670. The van der Waals surface area contributed by atoms with Gasteiger partial charge in [0.15, 0.2) is 0 Å². The molecule has 1 N–H and O–H groups in total. The van der Waals surface area contributed by atoms with Crippen molar-refractivity contribution in [3.05, 3.63) is 49.8 Å². The smallest absolute Gasteiger partial charge is 0.290 e. The van der Waals surface area contributed by atoms with E-state index in [1.807, 2.05) is 0 Å². The maximum atomic E-state index is 10.7. The third kappa shape index (κ3) is 3.08. The number of nitro groups is 1. The predicted octanol–water partition coefficient (Wildman–Crippen LogP) is 3.53. The Hall–Kier alpha value is -1.95. The molecule has 0 atom stereocenters. The molecule has 2 aromatic rings. The van der Waals surface area contributed by atoms with Gasteiger partial charge in [0.05, 0.1) is 11.5 Å². The van der Waals surface area contributed by atoms with Crippen LogP contribution >= 0.6 is 11.3 Å². The fourth-order valence-corrected chi connectivity index (χ4v) is 2.76. The molecule has 0 amide bonds. The van der Waals surface area contributed by atoms with Gasteiger partial charge in [0.25, 0.3) is 5.69 Å². The molecule has 100 valence electrons. The van der Waals surface area contributed by atoms with Gasteiger partial charge in [0, 0.05) is 10.4 Å². The first-order valence-electron chi connectivity index (χ1n) is 6.02. The van der Waals surface area contributed by atoms with E-state index in [1.54, 1.807) is 24.3 Å². The molecule has 0 radical (unpaired) electrons. The molecule has 0 aromatic carbocycles. The lowest BCUT2D eigenvalue weighted by Gasteiger charge is -2.06. The van der Waals surface area contributed by atoms with Crippen molar-refractivity contribution in [2.75, 3.05) is 5.32 Å². The number of rotatable bonds is 5. The van der Waals surface area contributed by atoms with Crippen LogP contribution in [0.5, 0.6) is 0 Å². The molecule has 0 unspecified atom stereocenters. The van der Waals surface area contributed by atoms with Crippen molar-refractivity contribution >= 4 is 22.8 Å². The molecule has 0 fully saturated rings. The Labute approximate surface area is 115 Å². The topological polar surface area (TPSA) is 68.1 Å². The minimum Gasteiger partial charge on any atom is -0.365 e. The van der Waals surface area contributed by atoms with E-state index in [0.717, 1.165) is 6.42 Å². The second-order valence-corrected chi connectivity index (χ2v) is 5.19. The zero-order chi connectivity index (χ0) is 13.8. The van der Waals surface area contributed by atoms with E-state index in [-0.39, 0.29) is 5.69 Å². The minimum absolute atomic E-state index is 0.0518. The van der Waals surface area contributed by atoms with E-state index < -0.39 is 4.92 Å². The van der Waals surface area contributed by atoms with E-state index >= 15 is 0 Å². The summed E-state index contributed by atoms with van der Waals surface area (Å²) in [6.07, 6.45) is 2.31. The highest BCUT2D eigenvalue weighted by Gasteiger charge is 2.11. The van der Waals surface area contributed by atoms with E-state index in [1.165, 1.54) is 16.6 Å². The number of hydrogen-bond donors (Lipinski definition) is 1. The molecule has 0 spiro atoms. The molecule has 5 nitrogen and oxygen atoms in total. The van der Waals surface area contributed by atoms with Crippen molar-refractivity contribution in [1.82, 2.24) is 4.98 Å². The Kier molecular flexibility index (Phi) is 4.11. The highest BCUT2D eigenvalue weighted by atomic mass is 32.1. The van der Waals surface area contributed by atoms with E-state index in [2.05, 4.69) is 28.7 Å². The molecule has 0 saturated carbocycles. The average Bonchev–Trinajstić information content (AvgIpc) is 2.83. The van der Waals surface area contributed by atoms with Gasteiger partial charge in [-0.05, 0) is 36.4 Å². The van der Waals surface area contributed by atoms with Crippen molar-refractivity contribution in [3.63, 3.8) is 0 Å². The molecule has 2 aromatic heterocycles. The molecule has 0 bridgehead atoms. The van der Waals surface area contributed by atoms with Crippen LogP contribution in [0, 0.1) is 17.0 Å². The Bertz CT molecular complexity index is 595. The number of hydrogen-bond acceptors (Lipinski definition) is 5. The molecule has 0 aliphatic rings. The molecule has 2 heterocycles. The van der Waals surface area contributed by atoms with Gasteiger partial charge in [-0.25, -0.2) is 4.98 Å². The van der Waals surface area contributed by atoms with Crippen molar-refractivity contribution in [1.29, 1.82) is 0 Å². The maximum absolute atomic E-state index is 10.7. The zero-order valence-electron chi connectivity index (χ0n) is 10.8. The van der Waals surface area contributed by atoms with Crippen LogP contribution in [-0.2, 0) is 13.0 Å². The summed E-state index contributed by atoms with van der Waals surface area (Å²) in [6.45, 7) is 4.54. The molecule has 0 saturated heterocycles. The largest absolute Gasteiger partial charge is 0.365 e. The van der Waals surface area contributed by atoms with Gasteiger partial charge in [0.2, 0.25) is 0 Å². The predicted molar refractivity (Wildman–Crippen MR) is 76.7 cm³/mol. The van der Waals surface area contributed by atoms with Crippen LogP contribution in [0.2, 0.25) is 0 Å². The summed E-state index contributed by atoms with van der Waals surface area (Å²) in [7, 11) is 0. The molecule has 0 aliphatic heterocycles. The number of aromatic nitrogens is 1. The average molecular weight is 277 g/mol. The summed E-state index contributed by atoms with van der Waals surface area (Å²) < 4.78 is 0. The van der Waals surface area contributed by atoms with E-state index in [4.69, 9.17) is 0 Å². The second-order valence-electron chi connectivity index (χ2n) is 4.19. The van der Waals surface area contributed by atoms with Gasteiger partial charge < -0.3 is 5.32 Å². The number of nitrogens with one attached hydrogen (secondary N) is 1. The summed E-state index contributed by atoms with van der Waals surface area (Å²) in [6, 6.07) is 3.83. The summed E-state index contributed by atoms with van der Waals surface area (Å²) in [5.74, 6) is 0.665. The lowest BCUT2D eigenvalue weighted by atomic mass is 10.2. The highest BCUT2D eigenvalue weighted by Crippen LogP contribution is 2.21. The molecule has 19 heavy (non-hydrogen) atoms. The van der Waals surface area contributed by atoms with Gasteiger partial charge in [-0.1, -0.05) is 6.92 Å². The molecule has 2 rings (SSSR count). The normalized spacial score (nSPS) is 10.4. The van der Waals surface area contributed by atoms with Crippen LogP contribution in [0.25, 0.3) is 0 Å². The van der Waals surface area contributed by atoms with Gasteiger partial charge >= 0.3 is 0 Å². The molecular formula is C13H15N3O2S. The SMILES string of the molecule is CCc1ccsc1CNc1cc(C)c([N+](=O)[O-])cn1. The van der Waals surface area contributed by atoms with E-state index in [9.17, 15) is 10.1 Å². The van der Waals surface area contributed by atoms with Crippen LogP contribution < -0.4 is 5.32 Å². The first-order chi connectivity index (χ1) is 9.11. The van der Waals surface area contributed by atoms with Gasteiger partial charge in [-0.3, -0.25) is 10.1 Å². The van der Waals surface area contributed by atoms with Crippen LogP contribution in [-0.4, -0.2) is 9.91 Å². The van der Waals surface area contributed by atoms with Crippen molar-refractivity contribution in [2.45, 2.75) is 26.8 Å². The van der Waals surface area contributed by atoms with Crippen LogP contribution in [0.15, 0.2) is 23.7 Å². The molecular weight excluding hydrogens is 262 g/mol. The van der Waals surface area contributed by atoms with Gasteiger partial charge in [-0.2, -0.15) is 0 Å². The van der Waals surface area contributed by atoms with Gasteiger partial charge in [0.1, 0.15) is 12.0 Å². The third-order valence-electron chi connectivity index (χ3n) is 2.93. The Balaban J connectivity index is 2.08. The van der Waals surface area contributed by atoms with Crippen molar-refractivity contribution < 1.29 is 4.92 Å². The summed E-state index contributed by atoms with van der Waals surface area (Å²) in [5, 5.41) is 16.0. The lowest BCUT2D eigenvalue weighted by molar-refractivity contribution is -0.385. The second kappa shape index (κ2) is 5.79. The fraction of sp³-hybridized carbons (Fsp3) is 0.308. The Morgan fingerprint density at radius 3 is 2.95 bits per heavy atom. The van der Waals surface area contributed by atoms with Crippen molar-refractivity contribution in [2.24, 2.45) is 0 Å². The Morgan fingerprint density at radius 2 is 2.32 bits per heavy atom. The summed E-state index contributed by atoms with van der Waals surface area (Å²) in [4.78, 5) is 15.6. The monoisotopic (exact) mass is 277 g/mol. The maximum Gasteiger partial charge on any atom is 0.290 e.